The number of hydrogen-bond donors (Lipinski definition) is 1. The molecule has 1 saturated heterocycles. The van der Waals surface area contributed by atoms with Gasteiger partial charge in [0.25, 0.3) is 0 Å². The molecular formula is C15H30N4O2. The number of amides is 2. The first-order valence-corrected chi connectivity index (χ1v) is 7.76. The van der Waals surface area contributed by atoms with Gasteiger partial charge in [0.05, 0.1) is 12.0 Å². The van der Waals surface area contributed by atoms with Gasteiger partial charge >= 0.3 is 0 Å². The first-order valence-electron chi connectivity index (χ1n) is 7.76. The zero-order chi connectivity index (χ0) is 16.0. The van der Waals surface area contributed by atoms with Crippen LogP contribution in [0.4, 0.5) is 0 Å². The largest absolute Gasteiger partial charge is 0.348 e. The van der Waals surface area contributed by atoms with Crippen LogP contribution in [0.15, 0.2) is 0 Å². The van der Waals surface area contributed by atoms with E-state index in [4.69, 9.17) is 5.73 Å². The Bertz CT molecular complexity index is 367. The topological polar surface area (TPSA) is 69.9 Å². The van der Waals surface area contributed by atoms with Crippen LogP contribution in [0.3, 0.4) is 0 Å². The third-order valence-electron chi connectivity index (χ3n) is 4.48. The molecule has 0 aliphatic carbocycles. The van der Waals surface area contributed by atoms with Crippen molar-refractivity contribution in [3.63, 3.8) is 0 Å². The molecule has 1 fully saturated rings. The van der Waals surface area contributed by atoms with E-state index in [0.29, 0.717) is 19.6 Å². The fraction of sp³-hybridized carbons (Fsp3) is 0.867. The number of nitrogens with zero attached hydrogens (tertiary/aromatic N) is 3. The van der Waals surface area contributed by atoms with Crippen LogP contribution in [0.2, 0.25) is 0 Å². The Morgan fingerprint density at radius 3 is 2.38 bits per heavy atom. The van der Waals surface area contributed by atoms with Crippen molar-refractivity contribution < 1.29 is 9.59 Å². The fourth-order valence-corrected chi connectivity index (χ4v) is 2.43. The van der Waals surface area contributed by atoms with Crippen molar-refractivity contribution >= 4 is 11.8 Å². The maximum absolute atomic E-state index is 12.6. The van der Waals surface area contributed by atoms with E-state index in [1.807, 2.05) is 18.7 Å². The highest BCUT2D eigenvalue weighted by Gasteiger charge is 2.34. The lowest BCUT2D eigenvalue weighted by Gasteiger charge is -2.32. The Hall–Kier alpha value is -1.14. The molecule has 1 aliphatic rings. The van der Waals surface area contributed by atoms with Gasteiger partial charge in [-0.1, -0.05) is 6.92 Å². The van der Waals surface area contributed by atoms with Gasteiger partial charge in [0.1, 0.15) is 0 Å². The van der Waals surface area contributed by atoms with E-state index in [2.05, 4.69) is 4.90 Å². The van der Waals surface area contributed by atoms with Crippen LogP contribution in [0.5, 0.6) is 0 Å². The molecule has 0 aromatic rings. The standard InChI is InChI=1S/C15H30N4O2/c1-5-15(2,12-16)14(21)19-8-6-7-18(9-10-19)11-13(20)17(3)4/h5-12,16H2,1-4H3. The third-order valence-corrected chi connectivity index (χ3v) is 4.48. The lowest BCUT2D eigenvalue weighted by molar-refractivity contribution is -0.140. The van der Waals surface area contributed by atoms with Gasteiger partial charge in [-0.3, -0.25) is 14.5 Å². The molecule has 0 aromatic heterocycles. The van der Waals surface area contributed by atoms with Crippen LogP contribution < -0.4 is 5.73 Å². The van der Waals surface area contributed by atoms with Gasteiger partial charge in [0.2, 0.25) is 11.8 Å². The monoisotopic (exact) mass is 298 g/mol. The van der Waals surface area contributed by atoms with E-state index in [-0.39, 0.29) is 11.8 Å². The smallest absolute Gasteiger partial charge is 0.236 e. The summed E-state index contributed by atoms with van der Waals surface area (Å²) in [7, 11) is 3.54. The first-order chi connectivity index (χ1) is 9.84. The van der Waals surface area contributed by atoms with Crippen molar-refractivity contribution in [1.82, 2.24) is 14.7 Å². The summed E-state index contributed by atoms with van der Waals surface area (Å²) in [5.74, 6) is 0.253. The van der Waals surface area contributed by atoms with Gasteiger partial charge in [0.15, 0.2) is 0 Å². The molecule has 21 heavy (non-hydrogen) atoms. The molecule has 1 atom stereocenters. The molecular weight excluding hydrogens is 268 g/mol. The maximum atomic E-state index is 12.6. The average molecular weight is 298 g/mol. The molecule has 0 spiro atoms. The molecule has 6 heteroatoms. The molecule has 1 rings (SSSR count). The zero-order valence-corrected chi connectivity index (χ0v) is 13.9. The Labute approximate surface area is 128 Å². The second kappa shape index (κ2) is 7.75. The van der Waals surface area contributed by atoms with E-state index < -0.39 is 5.41 Å². The molecule has 1 aliphatic heterocycles. The van der Waals surface area contributed by atoms with Crippen molar-refractivity contribution in [3.8, 4) is 0 Å². The summed E-state index contributed by atoms with van der Waals surface area (Å²) in [5, 5.41) is 0. The predicted octanol–water partition coefficient (Wildman–Crippen LogP) is -0.0161. The molecule has 1 unspecified atom stereocenters. The highest BCUT2D eigenvalue weighted by Crippen LogP contribution is 2.23. The fourth-order valence-electron chi connectivity index (χ4n) is 2.43. The van der Waals surface area contributed by atoms with Gasteiger partial charge in [-0.05, 0) is 19.8 Å². The minimum Gasteiger partial charge on any atom is -0.348 e. The Balaban J connectivity index is 2.60. The van der Waals surface area contributed by atoms with Crippen LogP contribution in [0, 0.1) is 5.41 Å². The van der Waals surface area contributed by atoms with E-state index in [0.717, 1.165) is 32.5 Å². The minimum atomic E-state index is -0.464. The SMILES string of the molecule is CCC(C)(CN)C(=O)N1CCCN(CC(=O)N(C)C)CC1. The van der Waals surface area contributed by atoms with Crippen LogP contribution in [-0.4, -0.2) is 79.9 Å². The van der Waals surface area contributed by atoms with E-state index >= 15 is 0 Å². The van der Waals surface area contributed by atoms with Crippen molar-refractivity contribution in [2.45, 2.75) is 26.7 Å². The normalized spacial score (nSPS) is 19.8. The summed E-state index contributed by atoms with van der Waals surface area (Å²) >= 11 is 0. The molecule has 0 radical (unpaired) electrons. The predicted molar refractivity (Wildman–Crippen MR) is 83.8 cm³/mol. The molecule has 0 bridgehead atoms. The number of rotatable bonds is 5. The lowest BCUT2D eigenvalue weighted by atomic mass is 9.86. The number of likely N-dealkylation sites (N-methyl/N-ethyl adjacent to an activating group) is 1. The molecule has 6 nitrogen and oxygen atoms in total. The van der Waals surface area contributed by atoms with Crippen molar-refractivity contribution in [2.24, 2.45) is 11.1 Å². The molecule has 2 amide bonds. The Morgan fingerprint density at radius 2 is 1.86 bits per heavy atom. The third kappa shape index (κ3) is 4.68. The van der Waals surface area contributed by atoms with Crippen LogP contribution >= 0.6 is 0 Å². The molecule has 0 aromatic carbocycles. The van der Waals surface area contributed by atoms with Gasteiger partial charge in [-0.25, -0.2) is 0 Å². The van der Waals surface area contributed by atoms with Gasteiger partial charge in [-0.15, -0.1) is 0 Å². The van der Waals surface area contributed by atoms with Gasteiger partial charge < -0.3 is 15.5 Å². The Kier molecular flexibility index (Phi) is 6.61. The molecule has 0 saturated carbocycles. The summed E-state index contributed by atoms with van der Waals surface area (Å²) in [4.78, 5) is 30.0. The van der Waals surface area contributed by atoms with Crippen LogP contribution in [0.1, 0.15) is 26.7 Å². The van der Waals surface area contributed by atoms with Crippen LogP contribution in [-0.2, 0) is 9.59 Å². The van der Waals surface area contributed by atoms with Crippen molar-refractivity contribution in [3.05, 3.63) is 0 Å². The van der Waals surface area contributed by atoms with Crippen molar-refractivity contribution in [1.29, 1.82) is 0 Å². The maximum Gasteiger partial charge on any atom is 0.236 e. The van der Waals surface area contributed by atoms with E-state index in [1.54, 1.807) is 19.0 Å². The average Bonchev–Trinajstić information content (AvgIpc) is 2.71. The Morgan fingerprint density at radius 1 is 1.19 bits per heavy atom. The summed E-state index contributed by atoms with van der Waals surface area (Å²) in [6.07, 6.45) is 1.65. The second-order valence-electron chi connectivity index (χ2n) is 6.33. The molecule has 122 valence electrons. The summed E-state index contributed by atoms with van der Waals surface area (Å²) in [5.41, 5.74) is 5.32. The van der Waals surface area contributed by atoms with Gasteiger partial charge in [-0.2, -0.15) is 0 Å². The molecule has 2 N–H and O–H groups in total. The molecule has 1 heterocycles. The van der Waals surface area contributed by atoms with Gasteiger partial charge in [0, 0.05) is 46.8 Å². The summed E-state index contributed by atoms with van der Waals surface area (Å²) in [6.45, 7) is 7.78. The zero-order valence-electron chi connectivity index (χ0n) is 13.9. The van der Waals surface area contributed by atoms with E-state index in [9.17, 15) is 9.59 Å². The number of carbonyl (C=O) groups is 2. The summed E-state index contributed by atoms with van der Waals surface area (Å²) in [6, 6.07) is 0. The number of nitrogens with two attached hydrogens (primary N) is 1. The number of carbonyl (C=O) groups excluding carboxylic acids is 2. The minimum absolute atomic E-state index is 0.107. The summed E-state index contributed by atoms with van der Waals surface area (Å²) < 4.78 is 0. The first kappa shape index (κ1) is 17.9. The highest BCUT2D eigenvalue weighted by molar-refractivity contribution is 5.82. The highest BCUT2D eigenvalue weighted by atomic mass is 16.2. The van der Waals surface area contributed by atoms with Crippen LogP contribution in [0.25, 0.3) is 0 Å². The number of hydrogen-bond acceptors (Lipinski definition) is 4. The lowest BCUT2D eigenvalue weighted by Crippen LogP contribution is -2.47. The second-order valence-corrected chi connectivity index (χ2v) is 6.33. The van der Waals surface area contributed by atoms with E-state index in [1.165, 1.54) is 0 Å². The van der Waals surface area contributed by atoms with Crippen molar-refractivity contribution in [2.75, 3.05) is 53.4 Å². The quantitative estimate of drug-likeness (QED) is 0.775.